The van der Waals surface area contributed by atoms with Crippen LogP contribution in [0.15, 0.2) is 33.8 Å². The second-order valence-corrected chi connectivity index (χ2v) is 8.15. The number of hydrogen-bond donors (Lipinski definition) is 0. The topological polar surface area (TPSA) is 30.2 Å². The summed E-state index contributed by atoms with van der Waals surface area (Å²) in [5.74, 6) is 0.472. The van der Waals surface area contributed by atoms with Gasteiger partial charge in [0, 0.05) is 22.1 Å². The lowest BCUT2D eigenvalue weighted by molar-refractivity contribution is -0.153. The van der Waals surface area contributed by atoms with Gasteiger partial charge in [-0.25, -0.2) is 0 Å². The quantitative estimate of drug-likeness (QED) is 0.694. The summed E-state index contributed by atoms with van der Waals surface area (Å²) in [6.07, 6.45) is 1.71. The van der Waals surface area contributed by atoms with Crippen molar-refractivity contribution in [2.75, 3.05) is 0 Å². The molecule has 2 aromatic rings. The number of benzene rings is 1. The molecule has 2 nitrogen and oxygen atoms in total. The first kappa shape index (κ1) is 12.5. The molecule has 0 spiro atoms. The van der Waals surface area contributed by atoms with Crippen LogP contribution < -0.4 is 0 Å². The first-order valence-electron chi connectivity index (χ1n) is 7.07. The lowest BCUT2D eigenvalue weighted by atomic mass is 9.39. The fourth-order valence-corrected chi connectivity index (χ4v) is 5.45. The Morgan fingerprint density at radius 3 is 2.50 bits per heavy atom. The molecule has 0 radical (unpaired) electrons. The van der Waals surface area contributed by atoms with Gasteiger partial charge in [-0.2, -0.15) is 0 Å². The number of thioether (sulfide) groups is 1. The zero-order chi connectivity index (χ0) is 14.3. The molecule has 1 fully saturated rings. The summed E-state index contributed by atoms with van der Waals surface area (Å²) >= 11 is 1.41. The van der Waals surface area contributed by atoms with Gasteiger partial charge in [0.25, 0.3) is 0 Å². The van der Waals surface area contributed by atoms with Crippen LogP contribution >= 0.6 is 11.8 Å². The maximum atomic E-state index is 12.6. The summed E-state index contributed by atoms with van der Waals surface area (Å²) in [5, 5.41) is 1.40. The molecule has 4 rings (SSSR count). The largest absolute Gasteiger partial charge is 0.464 e. The van der Waals surface area contributed by atoms with E-state index in [1.807, 2.05) is 12.1 Å². The minimum absolute atomic E-state index is 0.0603. The standard InChI is InChI=1S/C17H18O2S/c1-16(2)12-10-5-6-11-9(7-8-19-11)14(10)20-15(18)13(12)17(16,3)4/h5-8,12-13H,1-4H3/t12-,13+/m1/s1. The van der Waals surface area contributed by atoms with Gasteiger partial charge < -0.3 is 4.42 Å². The minimum atomic E-state index is 0.0603. The Balaban J connectivity index is 1.98. The predicted octanol–water partition coefficient (Wildman–Crippen LogP) is 4.83. The van der Waals surface area contributed by atoms with Gasteiger partial charge in [0.2, 0.25) is 0 Å². The van der Waals surface area contributed by atoms with Crippen LogP contribution in [0.2, 0.25) is 0 Å². The number of furan rings is 1. The van der Waals surface area contributed by atoms with Crippen molar-refractivity contribution in [3.8, 4) is 0 Å². The number of fused-ring (bicyclic) bond motifs is 5. The van der Waals surface area contributed by atoms with Gasteiger partial charge in [-0.15, -0.1) is 0 Å². The predicted molar refractivity (Wildman–Crippen MR) is 80.9 cm³/mol. The Labute approximate surface area is 122 Å². The normalized spacial score (nSPS) is 29.7. The Hall–Kier alpha value is -1.22. The van der Waals surface area contributed by atoms with E-state index in [9.17, 15) is 4.79 Å². The SMILES string of the molecule is CC1(C)[C@@H]2C(=O)Sc3c(ccc4occc34)[C@H]2C1(C)C. The lowest BCUT2D eigenvalue weighted by Gasteiger charge is -2.65. The van der Waals surface area contributed by atoms with Gasteiger partial charge >= 0.3 is 0 Å². The summed E-state index contributed by atoms with van der Waals surface area (Å²) in [7, 11) is 0. The Bertz CT molecular complexity index is 739. The van der Waals surface area contributed by atoms with Crippen molar-refractivity contribution in [3.05, 3.63) is 30.0 Å². The highest BCUT2D eigenvalue weighted by Crippen LogP contribution is 2.72. The van der Waals surface area contributed by atoms with Crippen LogP contribution in [0.25, 0.3) is 11.0 Å². The van der Waals surface area contributed by atoms with E-state index in [2.05, 4.69) is 33.8 Å². The van der Waals surface area contributed by atoms with Gasteiger partial charge in [0.1, 0.15) is 5.58 Å². The van der Waals surface area contributed by atoms with E-state index in [0.29, 0.717) is 11.0 Å². The maximum Gasteiger partial charge on any atom is 0.197 e. The monoisotopic (exact) mass is 286 g/mol. The van der Waals surface area contributed by atoms with Crippen molar-refractivity contribution in [2.45, 2.75) is 38.5 Å². The second kappa shape index (κ2) is 3.51. The average Bonchev–Trinajstić information content (AvgIpc) is 2.85. The molecule has 20 heavy (non-hydrogen) atoms. The highest BCUT2D eigenvalue weighted by molar-refractivity contribution is 8.14. The van der Waals surface area contributed by atoms with Crippen LogP contribution in [-0.4, -0.2) is 5.12 Å². The third-order valence-electron chi connectivity index (χ3n) is 5.96. The van der Waals surface area contributed by atoms with E-state index in [4.69, 9.17) is 4.42 Å². The van der Waals surface area contributed by atoms with Crippen LogP contribution in [0.3, 0.4) is 0 Å². The molecule has 104 valence electrons. The van der Waals surface area contributed by atoms with Crippen LogP contribution in [0.1, 0.15) is 39.2 Å². The van der Waals surface area contributed by atoms with E-state index in [0.717, 1.165) is 15.9 Å². The van der Waals surface area contributed by atoms with Gasteiger partial charge in [0.15, 0.2) is 5.12 Å². The zero-order valence-corrected chi connectivity index (χ0v) is 13.0. The summed E-state index contributed by atoms with van der Waals surface area (Å²) in [6.45, 7) is 9.05. The van der Waals surface area contributed by atoms with Crippen molar-refractivity contribution in [1.29, 1.82) is 0 Å². The van der Waals surface area contributed by atoms with Crippen molar-refractivity contribution in [2.24, 2.45) is 16.7 Å². The van der Waals surface area contributed by atoms with E-state index < -0.39 is 0 Å². The molecular weight excluding hydrogens is 268 g/mol. The third kappa shape index (κ3) is 1.21. The zero-order valence-electron chi connectivity index (χ0n) is 12.2. The highest BCUT2D eigenvalue weighted by Gasteiger charge is 2.66. The van der Waals surface area contributed by atoms with Gasteiger partial charge in [-0.3, -0.25) is 4.79 Å². The molecule has 0 unspecified atom stereocenters. The minimum Gasteiger partial charge on any atom is -0.464 e. The van der Waals surface area contributed by atoms with Crippen molar-refractivity contribution in [1.82, 2.24) is 0 Å². The van der Waals surface area contributed by atoms with E-state index >= 15 is 0 Å². The molecule has 0 N–H and O–H groups in total. The Morgan fingerprint density at radius 1 is 1.05 bits per heavy atom. The van der Waals surface area contributed by atoms with Crippen LogP contribution in [0.4, 0.5) is 0 Å². The molecular formula is C17H18O2S. The molecule has 1 aromatic carbocycles. The fourth-order valence-electron chi connectivity index (χ4n) is 4.09. The highest BCUT2D eigenvalue weighted by atomic mass is 32.2. The lowest BCUT2D eigenvalue weighted by Crippen LogP contribution is -2.61. The summed E-state index contributed by atoms with van der Waals surface area (Å²) in [4.78, 5) is 13.7. The smallest absolute Gasteiger partial charge is 0.197 e. The van der Waals surface area contributed by atoms with Gasteiger partial charge in [-0.1, -0.05) is 45.5 Å². The molecule has 1 aliphatic heterocycles. The first-order valence-corrected chi connectivity index (χ1v) is 7.89. The molecule has 2 atom stereocenters. The molecule has 0 saturated heterocycles. The molecule has 0 bridgehead atoms. The molecule has 1 saturated carbocycles. The first-order chi connectivity index (χ1) is 9.35. The number of hydrogen-bond acceptors (Lipinski definition) is 3. The number of carbonyl (C=O) groups is 1. The third-order valence-corrected chi connectivity index (χ3v) is 7.07. The van der Waals surface area contributed by atoms with Crippen molar-refractivity contribution < 1.29 is 9.21 Å². The van der Waals surface area contributed by atoms with Gasteiger partial charge in [-0.05, 0) is 28.5 Å². The summed E-state index contributed by atoms with van der Waals surface area (Å²) < 4.78 is 5.47. The van der Waals surface area contributed by atoms with Crippen LogP contribution in [0.5, 0.6) is 0 Å². The Morgan fingerprint density at radius 2 is 1.75 bits per heavy atom. The molecule has 2 heterocycles. The van der Waals surface area contributed by atoms with Crippen molar-refractivity contribution >= 4 is 27.8 Å². The molecule has 1 aliphatic carbocycles. The number of carbonyl (C=O) groups excluding carboxylic acids is 1. The van der Waals surface area contributed by atoms with E-state index in [1.165, 1.54) is 17.3 Å². The van der Waals surface area contributed by atoms with Crippen LogP contribution in [0, 0.1) is 16.7 Å². The van der Waals surface area contributed by atoms with E-state index in [-0.39, 0.29) is 16.7 Å². The molecule has 0 amide bonds. The maximum absolute atomic E-state index is 12.6. The molecule has 3 heteroatoms. The number of rotatable bonds is 0. The Kier molecular flexibility index (Phi) is 2.19. The average molecular weight is 286 g/mol. The fraction of sp³-hybridized carbons (Fsp3) is 0.471. The van der Waals surface area contributed by atoms with Crippen molar-refractivity contribution in [3.63, 3.8) is 0 Å². The molecule has 2 aliphatic rings. The van der Waals surface area contributed by atoms with Crippen LogP contribution in [-0.2, 0) is 4.79 Å². The second-order valence-electron chi connectivity index (χ2n) is 7.14. The summed E-state index contributed by atoms with van der Waals surface area (Å²) in [6, 6.07) is 6.18. The van der Waals surface area contributed by atoms with Gasteiger partial charge in [0.05, 0.1) is 6.26 Å². The summed E-state index contributed by atoms with van der Waals surface area (Å²) in [5.41, 5.74) is 2.40. The van der Waals surface area contributed by atoms with E-state index in [1.54, 1.807) is 6.26 Å². The molecule has 1 aromatic heterocycles.